The summed E-state index contributed by atoms with van der Waals surface area (Å²) in [6, 6.07) is 0. The van der Waals surface area contributed by atoms with Crippen molar-refractivity contribution in [3.05, 3.63) is 10.3 Å². The molecule has 0 aliphatic heterocycles. The zero-order chi connectivity index (χ0) is 9.72. The average molecular weight is 238 g/mol. The van der Waals surface area contributed by atoms with Gasteiger partial charge < -0.3 is 15.8 Å². The maximum absolute atomic E-state index is 10.6. The summed E-state index contributed by atoms with van der Waals surface area (Å²) in [6.45, 7) is 2.34. The van der Waals surface area contributed by atoms with Crippen LogP contribution in [-0.2, 0) is 4.79 Å². The summed E-state index contributed by atoms with van der Waals surface area (Å²) in [7, 11) is 0. The highest BCUT2D eigenvalue weighted by Crippen LogP contribution is 2.08. The predicted molar refractivity (Wildman–Crippen MR) is 49.0 cm³/mol. The van der Waals surface area contributed by atoms with Crippen LogP contribution in [0.15, 0.2) is 10.3 Å². The lowest BCUT2D eigenvalue weighted by Crippen LogP contribution is -2.36. The Morgan fingerprint density at radius 3 is 2.42 bits per heavy atom. The van der Waals surface area contributed by atoms with Gasteiger partial charge in [-0.2, -0.15) is 0 Å². The van der Waals surface area contributed by atoms with Crippen LogP contribution in [0.2, 0.25) is 0 Å². The summed E-state index contributed by atoms with van der Waals surface area (Å²) in [5.41, 5.74) is 5.15. The molecular formula is C6H12BrN3O2. The van der Waals surface area contributed by atoms with Gasteiger partial charge in [-0.1, -0.05) is 6.92 Å². The highest BCUT2D eigenvalue weighted by atomic mass is 79.9. The van der Waals surface area contributed by atoms with Crippen molar-refractivity contribution in [2.75, 3.05) is 6.54 Å². The Morgan fingerprint density at radius 2 is 2.17 bits per heavy atom. The van der Waals surface area contributed by atoms with Gasteiger partial charge in [-0.05, 0) is 22.4 Å². The number of rotatable bonds is 4. The van der Waals surface area contributed by atoms with Gasteiger partial charge in [-0.25, -0.2) is 10.6 Å². The van der Waals surface area contributed by atoms with Gasteiger partial charge in [0.1, 0.15) is 4.61 Å². The number of carbonyl (C=O) groups is 1. The van der Waals surface area contributed by atoms with Crippen molar-refractivity contribution in [3.63, 3.8) is 0 Å². The molecule has 5 nitrogen and oxygen atoms in total. The average Bonchev–Trinajstić information content (AvgIpc) is 1.85. The molecule has 0 saturated heterocycles. The third kappa shape index (κ3) is 3.10. The van der Waals surface area contributed by atoms with Crippen LogP contribution in [0.5, 0.6) is 0 Å². The molecule has 0 aromatic heterocycles. The SMILES string of the molecule is CCCN(N)/C(C(=O)O)=C(\N)Br. The maximum atomic E-state index is 10.6. The fraction of sp³-hybridized carbons (Fsp3) is 0.500. The summed E-state index contributed by atoms with van der Waals surface area (Å²) < 4.78 is 0.0333. The molecule has 0 bridgehead atoms. The first kappa shape index (κ1) is 11.2. The number of nitrogens with two attached hydrogens (primary N) is 2. The monoisotopic (exact) mass is 237 g/mol. The van der Waals surface area contributed by atoms with Gasteiger partial charge in [0.15, 0.2) is 5.70 Å². The Morgan fingerprint density at radius 1 is 1.67 bits per heavy atom. The molecule has 0 aromatic carbocycles. The number of halogens is 1. The topological polar surface area (TPSA) is 92.6 Å². The first-order valence-electron chi connectivity index (χ1n) is 3.41. The van der Waals surface area contributed by atoms with Gasteiger partial charge in [0, 0.05) is 6.54 Å². The molecule has 0 unspecified atom stereocenters. The number of nitrogens with zero attached hydrogens (tertiary/aromatic N) is 1. The van der Waals surface area contributed by atoms with Crippen molar-refractivity contribution >= 4 is 21.9 Å². The van der Waals surface area contributed by atoms with Crippen molar-refractivity contribution < 1.29 is 9.90 Å². The van der Waals surface area contributed by atoms with Crippen molar-refractivity contribution in [1.29, 1.82) is 0 Å². The minimum atomic E-state index is -1.14. The second-order valence-electron chi connectivity index (χ2n) is 2.20. The molecule has 5 N–H and O–H groups in total. The molecule has 0 fully saturated rings. The van der Waals surface area contributed by atoms with Crippen molar-refractivity contribution in [3.8, 4) is 0 Å². The molecule has 0 atom stereocenters. The van der Waals surface area contributed by atoms with Gasteiger partial charge in [-0.3, -0.25) is 0 Å². The lowest BCUT2D eigenvalue weighted by Gasteiger charge is -2.18. The quantitative estimate of drug-likeness (QED) is 0.281. The molecule has 12 heavy (non-hydrogen) atoms. The highest BCUT2D eigenvalue weighted by molar-refractivity contribution is 9.11. The van der Waals surface area contributed by atoms with Crippen molar-refractivity contribution in [2.45, 2.75) is 13.3 Å². The van der Waals surface area contributed by atoms with E-state index in [9.17, 15) is 4.79 Å². The number of aliphatic carboxylic acids is 1. The van der Waals surface area contributed by atoms with Crippen LogP contribution >= 0.6 is 15.9 Å². The zero-order valence-corrected chi connectivity index (χ0v) is 8.34. The molecule has 0 amide bonds. The fourth-order valence-electron chi connectivity index (χ4n) is 0.715. The molecule has 6 heteroatoms. The molecule has 0 heterocycles. The lowest BCUT2D eigenvalue weighted by molar-refractivity contribution is -0.134. The number of hydrazine groups is 1. The van der Waals surface area contributed by atoms with Gasteiger partial charge in [0.2, 0.25) is 0 Å². The van der Waals surface area contributed by atoms with E-state index < -0.39 is 5.97 Å². The van der Waals surface area contributed by atoms with Gasteiger partial charge in [0.05, 0.1) is 0 Å². The largest absolute Gasteiger partial charge is 0.476 e. The van der Waals surface area contributed by atoms with Gasteiger partial charge >= 0.3 is 5.97 Å². The summed E-state index contributed by atoms with van der Waals surface area (Å²) in [6.07, 6.45) is 0.758. The number of carboxylic acids is 1. The molecule has 70 valence electrons. The van der Waals surface area contributed by atoms with Crippen LogP contribution in [0.4, 0.5) is 0 Å². The van der Waals surface area contributed by atoms with Crippen LogP contribution in [0, 0.1) is 0 Å². The summed E-state index contributed by atoms with van der Waals surface area (Å²) in [5.74, 6) is 4.28. The molecule has 0 saturated carbocycles. The molecule has 0 rings (SSSR count). The van der Waals surface area contributed by atoms with E-state index in [1.807, 2.05) is 6.92 Å². The van der Waals surface area contributed by atoms with E-state index in [0.29, 0.717) is 6.54 Å². The first-order chi connectivity index (χ1) is 5.50. The van der Waals surface area contributed by atoms with Gasteiger partial charge in [0.25, 0.3) is 0 Å². The van der Waals surface area contributed by atoms with Crippen molar-refractivity contribution in [1.82, 2.24) is 5.01 Å². The van der Waals surface area contributed by atoms with E-state index in [1.165, 1.54) is 0 Å². The number of hydrogen-bond donors (Lipinski definition) is 3. The standard InChI is InChI=1S/C6H12BrN3O2/c1-2-3-10(9)4(5(7)8)6(11)12/h2-3,8-9H2,1H3,(H,11,12)/b5-4-. The maximum Gasteiger partial charge on any atom is 0.356 e. The van der Waals surface area contributed by atoms with Crippen LogP contribution in [0.3, 0.4) is 0 Å². The Bertz CT molecular complexity index is 201. The third-order valence-electron chi connectivity index (χ3n) is 1.18. The Kier molecular flexibility index (Phi) is 4.68. The van der Waals surface area contributed by atoms with E-state index in [-0.39, 0.29) is 10.3 Å². The molecule has 0 aliphatic carbocycles. The second kappa shape index (κ2) is 5.00. The fourth-order valence-corrected chi connectivity index (χ4v) is 1.11. The Labute approximate surface area is 79.1 Å². The molecular weight excluding hydrogens is 226 g/mol. The van der Waals surface area contributed by atoms with Crippen LogP contribution < -0.4 is 11.6 Å². The van der Waals surface area contributed by atoms with Gasteiger partial charge in [-0.15, -0.1) is 0 Å². The van der Waals surface area contributed by atoms with E-state index in [4.69, 9.17) is 16.7 Å². The van der Waals surface area contributed by atoms with E-state index in [2.05, 4.69) is 15.9 Å². The molecule has 0 spiro atoms. The van der Waals surface area contributed by atoms with Crippen LogP contribution in [0.1, 0.15) is 13.3 Å². The summed E-state index contributed by atoms with van der Waals surface area (Å²) >= 11 is 2.87. The summed E-state index contributed by atoms with van der Waals surface area (Å²) in [4.78, 5) is 10.6. The highest BCUT2D eigenvalue weighted by Gasteiger charge is 2.15. The van der Waals surface area contributed by atoms with E-state index >= 15 is 0 Å². The van der Waals surface area contributed by atoms with Crippen LogP contribution in [-0.4, -0.2) is 22.6 Å². The number of carboxylic acid groups (broad SMARTS) is 1. The van der Waals surface area contributed by atoms with E-state index in [1.54, 1.807) is 0 Å². The summed E-state index contributed by atoms with van der Waals surface area (Å²) in [5, 5.41) is 9.75. The Hall–Kier alpha value is -0.750. The normalized spacial score (nSPS) is 12.2. The zero-order valence-electron chi connectivity index (χ0n) is 6.75. The second-order valence-corrected chi connectivity index (χ2v) is 3.05. The molecule has 0 aliphatic rings. The Balaban J connectivity index is 4.54. The lowest BCUT2D eigenvalue weighted by atomic mass is 10.4. The molecule has 0 aromatic rings. The smallest absolute Gasteiger partial charge is 0.356 e. The minimum Gasteiger partial charge on any atom is -0.476 e. The third-order valence-corrected chi connectivity index (χ3v) is 1.56. The number of hydrogen-bond acceptors (Lipinski definition) is 4. The van der Waals surface area contributed by atoms with Crippen molar-refractivity contribution in [2.24, 2.45) is 11.6 Å². The molecule has 0 radical (unpaired) electrons. The predicted octanol–water partition coefficient (Wildman–Crippen LogP) is 0.179. The first-order valence-corrected chi connectivity index (χ1v) is 4.20. The van der Waals surface area contributed by atoms with E-state index in [0.717, 1.165) is 11.4 Å². The van der Waals surface area contributed by atoms with Crippen LogP contribution in [0.25, 0.3) is 0 Å². The minimum absolute atomic E-state index is 0.0333.